The first kappa shape index (κ1) is 13.5. The predicted octanol–water partition coefficient (Wildman–Crippen LogP) is 1.07. The molecule has 0 unspecified atom stereocenters. The lowest BCUT2D eigenvalue weighted by molar-refractivity contribution is 0.0925. The number of carbonyl (C=O) groups is 1. The van der Waals surface area contributed by atoms with Gasteiger partial charge >= 0.3 is 0 Å². The summed E-state index contributed by atoms with van der Waals surface area (Å²) in [6.07, 6.45) is 4.06. The number of nitrogens with one attached hydrogen (secondary N) is 1. The van der Waals surface area contributed by atoms with E-state index in [1.165, 1.54) is 0 Å². The third-order valence-corrected chi connectivity index (χ3v) is 4.35. The van der Waals surface area contributed by atoms with E-state index in [0.717, 1.165) is 25.9 Å². The summed E-state index contributed by atoms with van der Waals surface area (Å²) in [4.78, 5) is 14.6. The summed E-state index contributed by atoms with van der Waals surface area (Å²) in [6.45, 7) is 8.53. The molecule has 3 rings (SSSR count). The van der Waals surface area contributed by atoms with Crippen molar-refractivity contribution in [1.82, 2.24) is 25.2 Å². The number of carbonyl (C=O) groups excluding carboxylic acids is 1. The maximum atomic E-state index is 12.2. The molecule has 1 aliphatic carbocycles. The Bertz CT molecular complexity index is 494. The molecule has 1 aromatic rings. The number of amides is 1. The van der Waals surface area contributed by atoms with Gasteiger partial charge in [-0.25, -0.2) is 4.68 Å². The van der Waals surface area contributed by atoms with E-state index >= 15 is 0 Å². The second kappa shape index (κ2) is 5.16. The molecular formula is C14H23N5O. The number of hydrogen-bond acceptors (Lipinski definition) is 4. The first-order valence-corrected chi connectivity index (χ1v) is 7.51. The second-order valence-corrected chi connectivity index (χ2v) is 6.42. The lowest BCUT2D eigenvalue weighted by atomic mass is 10.1. The molecule has 6 heteroatoms. The normalized spacial score (nSPS) is 27.2. The highest BCUT2D eigenvalue weighted by Crippen LogP contribution is 2.33. The van der Waals surface area contributed by atoms with Crippen molar-refractivity contribution in [2.45, 2.75) is 51.7 Å². The van der Waals surface area contributed by atoms with Crippen molar-refractivity contribution in [3.8, 4) is 0 Å². The van der Waals surface area contributed by atoms with Crippen molar-refractivity contribution < 1.29 is 4.79 Å². The van der Waals surface area contributed by atoms with Crippen LogP contribution in [0, 0.1) is 5.92 Å². The van der Waals surface area contributed by atoms with Gasteiger partial charge in [-0.3, -0.25) is 9.69 Å². The number of likely N-dealkylation sites (tertiary alicyclic amines) is 1. The molecule has 1 amide bonds. The van der Waals surface area contributed by atoms with Gasteiger partial charge in [0, 0.05) is 25.2 Å². The first-order valence-electron chi connectivity index (χ1n) is 7.51. The van der Waals surface area contributed by atoms with Crippen LogP contribution in [0.15, 0.2) is 6.20 Å². The van der Waals surface area contributed by atoms with E-state index in [9.17, 15) is 4.79 Å². The van der Waals surface area contributed by atoms with Gasteiger partial charge in [0.05, 0.1) is 12.2 Å². The molecule has 0 aromatic carbocycles. The highest BCUT2D eigenvalue weighted by atomic mass is 16.2. The van der Waals surface area contributed by atoms with Gasteiger partial charge < -0.3 is 5.32 Å². The van der Waals surface area contributed by atoms with Crippen LogP contribution < -0.4 is 5.32 Å². The highest BCUT2D eigenvalue weighted by Gasteiger charge is 2.33. The molecule has 0 bridgehead atoms. The Balaban J connectivity index is 1.60. The van der Waals surface area contributed by atoms with E-state index in [-0.39, 0.29) is 11.9 Å². The van der Waals surface area contributed by atoms with Gasteiger partial charge in [0.1, 0.15) is 0 Å². The van der Waals surface area contributed by atoms with Crippen LogP contribution in [0.5, 0.6) is 0 Å². The third-order valence-electron chi connectivity index (χ3n) is 4.35. The van der Waals surface area contributed by atoms with Gasteiger partial charge in [-0.1, -0.05) is 12.1 Å². The van der Waals surface area contributed by atoms with Crippen LogP contribution in [0.4, 0.5) is 0 Å². The van der Waals surface area contributed by atoms with Gasteiger partial charge in [0.15, 0.2) is 5.69 Å². The third kappa shape index (κ3) is 2.70. The van der Waals surface area contributed by atoms with E-state index in [2.05, 4.69) is 41.3 Å². The lowest BCUT2D eigenvalue weighted by Crippen LogP contribution is -2.40. The van der Waals surface area contributed by atoms with Gasteiger partial charge in [0.2, 0.25) is 0 Å². The molecule has 2 heterocycles. The fourth-order valence-corrected chi connectivity index (χ4v) is 2.75. The molecule has 20 heavy (non-hydrogen) atoms. The van der Waals surface area contributed by atoms with Gasteiger partial charge in [-0.2, -0.15) is 0 Å². The molecule has 1 aromatic heterocycles. The molecule has 1 saturated heterocycles. The van der Waals surface area contributed by atoms with Gasteiger partial charge in [0.25, 0.3) is 5.91 Å². The Kier molecular flexibility index (Phi) is 3.50. The average molecular weight is 277 g/mol. The van der Waals surface area contributed by atoms with Crippen molar-refractivity contribution in [3.63, 3.8) is 0 Å². The largest absolute Gasteiger partial charge is 0.346 e. The zero-order chi connectivity index (χ0) is 14.3. The van der Waals surface area contributed by atoms with Crippen LogP contribution in [0.1, 0.15) is 50.1 Å². The summed E-state index contributed by atoms with van der Waals surface area (Å²) in [5.74, 6) is 0.374. The second-order valence-electron chi connectivity index (χ2n) is 6.42. The summed E-state index contributed by atoms with van der Waals surface area (Å²) in [7, 11) is 0. The SMILES string of the molecule is CC(C)N1C[C@@H](C)[C@H](NC(=O)c2cn(C3CC3)nn2)C1. The monoisotopic (exact) mass is 277 g/mol. The maximum absolute atomic E-state index is 12.2. The van der Waals surface area contributed by atoms with Crippen LogP contribution in [0.2, 0.25) is 0 Å². The van der Waals surface area contributed by atoms with E-state index in [4.69, 9.17) is 0 Å². The van der Waals surface area contributed by atoms with Crippen molar-refractivity contribution >= 4 is 5.91 Å². The van der Waals surface area contributed by atoms with E-state index in [1.807, 2.05) is 4.68 Å². The van der Waals surface area contributed by atoms with Crippen molar-refractivity contribution in [3.05, 3.63) is 11.9 Å². The molecule has 2 fully saturated rings. The lowest BCUT2D eigenvalue weighted by Gasteiger charge is -2.20. The zero-order valence-electron chi connectivity index (χ0n) is 12.4. The summed E-state index contributed by atoms with van der Waals surface area (Å²) in [5, 5.41) is 11.1. The van der Waals surface area contributed by atoms with E-state index in [1.54, 1.807) is 6.20 Å². The fourth-order valence-electron chi connectivity index (χ4n) is 2.75. The highest BCUT2D eigenvalue weighted by molar-refractivity contribution is 5.92. The minimum Gasteiger partial charge on any atom is -0.346 e. The summed E-state index contributed by atoms with van der Waals surface area (Å²) < 4.78 is 1.81. The van der Waals surface area contributed by atoms with Crippen LogP contribution >= 0.6 is 0 Å². The zero-order valence-corrected chi connectivity index (χ0v) is 12.4. The Morgan fingerprint density at radius 1 is 1.40 bits per heavy atom. The van der Waals surface area contributed by atoms with Gasteiger partial charge in [-0.15, -0.1) is 5.10 Å². The molecule has 2 atom stereocenters. The molecule has 110 valence electrons. The number of nitrogens with zero attached hydrogens (tertiary/aromatic N) is 4. The minimum atomic E-state index is -0.0978. The molecule has 1 saturated carbocycles. The summed E-state index contributed by atoms with van der Waals surface area (Å²) >= 11 is 0. The van der Waals surface area contributed by atoms with Crippen LogP contribution in [-0.4, -0.2) is 51.0 Å². The van der Waals surface area contributed by atoms with Crippen LogP contribution in [-0.2, 0) is 0 Å². The molecule has 2 aliphatic rings. The molecule has 1 N–H and O–H groups in total. The Labute approximate surface area is 119 Å². The van der Waals surface area contributed by atoms with Crippen molar-refractivity contribution in [2.75, 3.05) is 13.1 Å². The Hall–Kier alpha value is -1.43. The molecule has 1 aliphatic heterocycles. The predicted molar refractivity (Wildman–Crippen MR) is 75.4 cm³/mol. The molecule has 6 nitrogen and oxygen atoms in total. The fraction of sp³-hybridized carbons (Fsp3) is 0.786. The maximum Gasteiger partial charge on any atom is 0.273 e. The van der Waals surface area contributed by atoms with Crippen LogP contribution in [0.3, 0.4) is 0 Å². The quantitative estimate of drug-likeness (QED) is 0.894. The minimum absolute atomic E-state index is 0.0978. The first-order chi connectivity index (χ1) is 9.54. The Morgan fingerprint density at radius 2 is 2.15 bits per heavy atom. The topological polar surface area (TPSA) is 63.1 Å². The van der Waals surface area contributed by atoms with Crippen LogP contribution in [0.25, 0.3) is 0 Å². The number of aromatic nitrogens is 3. The van der Waals surface area contributed by atoms with Crippen molar-refractivity contribution in [2.24, 2.45) is 5.92 Å². The number of rotatable bonds is 4. The molecular weight excluding hydrogens is 254 g/mol. The smallest absolute Gasteiger partial charge is 0.273 e. The van der Waals surface area contributed by atoms with Gasteiger partial charge in [-0.05, 0) is 32.6 Å². The standard InChI is InChI=1S/C14H23N5O/c1-9(2)18-6-10(3)12(7-18)15-14(20)13-8-19(17-16-13)11-4-5-11/h8-12H,4-7H2,1-3H3,(H,15,20)/t10-,12-/m1/s1. The molecule has 0 spiro atoms. The van der Waals surface area contributed by atoms with E-state index in [0.29, 0.717) is 23.7 Å². The average Bonchev–Trinajstić information content (AvgIpc) is 3.01. The summed E-state index contributed by atoms with van der Waals surface area (Å²) in [5.41, 5.74) is 0.437. The van der Waals surface area contributed by atoms with E-state index < -0.39 is 0 Å². The molecule has 0 radical (unpaired) electrons. The summed E-state index contributed by atoms with van der Waals surface area (Å²) in [6, 6.07) is 1.19. The Morgan fingerprint density at radius 3 is 2.75 bits per heavy atom. The number of hydrogen-bond donors (Lipinski definition) is 1. The van der Waals surface area contributed by atoms with Crippen molar-refractivity contribution in [1.29, 1.82) is 0 Å².